The smallest absolute Gasteiger partial charge is 0.164 e. The first-order valence-electron chi connectivity index (χ1n) is 20.1. The minimum atomic E-state index is 0.517. The predicted octanol–water partition coefficient (Wildman–Crippen LogP) is 13.3. The lowest BCUT2D eigenvalue weighted by Gasteiger charge is -2.15. The van der Waals surface area contributed by atoms with Gasteiger partial charge in [-0.3, -0.25) is 0 Å². The van der Waals surface area contributed by atoms with E-state index in [-0.39, 0.29) is 0 Å². The maximum absolute atomic E-state index is 6.59. The van der Waals surface area contributed by atoms with Crippen LogP contribution in [-0.2, 0) is 0 Å². The minimum Gasteiger partial charge on any atom is -0.455 e. The molecule has 11 aromatic rings. The molecule has 0 unspecified atom stereocenters. The Morgan fingerprint density at radius 1 is 0.246 bits per heavy atom. The van der Waals surface area contributed by atoms with E-state index >= 15 is 0 Å². The Morgan fingerprint density at radius 3 is 1.13 bits per heavy atom. The molecule has 0 aliphatic carbocycles. The number of nitrogens with zero attached hydrogens (tertiary/aromatic N) is 6. The summed E-state index contributed by atoms with van der Waals surface area (Å²) in [6.45, 7) is 0. The van der Waals surface area contributed by atoms with Crippen molar-refractivity contribution in [1.82, 2.24) is 29.9 Å². The maximum atomic E-state index is 6.59. The topological polar surface area (TPSA) is 90.5 Å². The molecule has 0 bridgehead atoms. The minimum absolute atomic E-state index is 0.517. The molecule has 0 N–H and O–H groups in total. The Balaban J connectivity index is 1.20. The molecule has 0 atom stereocenters. The Kier molecular flexibility index (Phi) is 9.02. The Hall–Kier alpha value is -8.42. The molecule has 8 aromatic carbocycles. The van der Waals surface area contributed by atoms with Crippen LogP contribution < -0.4 is 0 Å². The van der Waals surface area contributed by atoms with Gasteiger partial charge in [-0.2, -0.15) is 0 Å². The van der Waals surface area contributed by atoms with Crippen LogP contribution in [0.25, 0.3) is 113 Å². The van der Waals surface area contributed by atoms with Crippen LogP contribution in [0.5, 0.6) is 0 Å². The van der Waals surface area contributed by atoms with Crippen LogP contribution in [-0.4, -0.2) is 29.9 Å². The first-order valence-corrected chi connectivity index (χ1v) is 20.1. The van der Waals surface area contributed by atoms with E-state index in [4.69, 9.17) is 34.3 Å². The van der Waals surface area contributed by atoms with Gasteiger partial charge in [0, 0.05) is 49.7 Å². The SMILES string of the molecule is c1ccc(-c2nc(-c3ccccc3)nc(-c3ccc(-c4cc(-c5ccccc5)c5oc6ccccc6c5c4)c(-c4nc(-c5ccccc5)nc(-c5ccccc5)n4)c3)n2)cc1. The molecule has 3 heterocycles. The van der Waals surface area contributed by atoms with Gasteiger partial charge < -0.3 is 4.42 Å². The lowest BCUT2D eigenvalue weighted by Crippen LogP contribution is -2.03. The zero-order valence-corrected chi connectivity index (χ0v) is 32.7. The van der Waals surface area contributed by atoms with E-state index in [1.165, 1.54) is 0 Å². The van der Waals surface area contributed by atoms with Gasteiger partial charge in [-0.15, -0.1) is 0 Å². The van der Waals surface area contributed by atoms with Crippen molar-refractivity contribution in [2.45, 2.75) is 0 Å². The monoisotopic (exact) mass is 782 g/mol. The summed E-state index contributed by atoms with van der Waals surface area (Å²) in [6, 6.07) is 69.4. The molecule has 0 spiro atoms. The second kappa shape index (κ2) is 15.4. The summed E-state index contributed by atoms with van der Waals surface area (Å²) >= 11 is 0. The van der Waals surface area contributed by atoms with Crippen LogP contribution in [0.15, 0.2) is 211 Å². The van der Waals surface area contributed by atoms with Gasteiger partial charge in [0.15, 0.2) is 34.9 Å². The van der Waals surface area contributed by atoms with Gasteiger partial charge in [0.25, 0.3) is 0 Å². The highest BCUT2D eigenvalue weighted by molar-refractivity contribution is 6.11. The Bertz CT molecular complexity index is 3220. The highest BCUT2D eigenvalue weighted by atomic mass is 16.3. The summed E-state index contributed by atoms with van der Waals surface area (Å²) in [7, 11) is 0. The maximum Gasteiger partial charge on any atom is 0.164 e. The fourth-order valence-corrected chi connectivity index (χ4v) is 7.80. The number of para-hydroxylation sites is 1. The number of hydrogen-bond acceptors (Lipinski definition) is 7. The second-order valence-electron chi connectivity index (χ2n) is 14.7. The van der Waals surface area contributed by atoms with E-state index < -0.39 is 0 Å². The third kappa shape index (κ3) is 6.90. The van der Waals surface area contributed by atoms with E-state index in [9.17, 15) is 0 Å². The van der Waals surface area contributed by atoms with Crippen LogP contribution in [0, 0.1) is 0 Å². The highest BCUT2D eigenvalue weighted by Gasteiger charge is 2.22. The molecule has 61 heavy (non-hydrogen) atoms. The first kappa shape index (κ1) is 35.7. The van der Waals surface area contributed by atoms with E-state index in [0.29, 0.717) is 34.9 Å². The molecular weight excluding hydrogens is 749 g/mol. The summed E-state index contributed by atoms with van der Waals surface area (Å²) < 4.78 is 6.59. The summed E-state index contributed by atoms with van der Waals surface area (Å²) in [6.07, 6.45) is 0. The largest absolute Gasteiger partial charge is 0.455 e. The van der Waals surface area contributed by atoms with Crippen molar-refractivity contribution in [1.29, 1.82) is 0 Å². The van der Waals surface area contributed by atoms with Gasteiger partial charge in [-0.25, -0.2) is 29.9 Å². The summed E-state index contributed by atoms with van der Waals surface area (Å²) in [5.41, 5.74) is 10.8. The average molecular weight is 783 g/mol. The molecule has 0 fully saturated rings. The number of rotatable bonds is 8. The van der Waals surface area contributed by atoms with Crippen molar-refractivity contribution in [3.05, 3.63) is 206 Å². The number of furan rings is 1. The third-order valence-electron chi connectivity index (χ3n) is 10.8. The summed E-state index contributed by atoms with van der Waals surface area (Å²) in [5.74, 6) is 3.35. The van der Waals surface area contributed by atoms with Crippen molar-refractivity contribution < 1.29 is 4.42 Å². The molecule has 0 saturated carbocycles. The molecule has 0 aliphatic heterocycles. The quantitative estimate of drug-likeness (QED) is 0.152. The van der Waals surface area contributed by atoms with Gasteiger partial charge in [-0.1, -0.05) is 182 Å². The number of aromatic nitrogens is 6. The fraction of sp³-hybridized carbons (Fsp3) is 0. The van der Waals surface area contributed by atoms with Crippen LogP contribution in [0.3, 0.4) is 0 Å². The zero-order chi connectivity index (χ0) is 40.5. The van der Waals surface area contributed by atoms with Gasteiger partial charge in [0.05, 0.1) is 0 Å². The first-order chi connectivity index (χ1) is 30.2. The number of fused-ring (bicyclic) bond motifs is 3. The van der Waals surface area contributed by atoms with E-state index in [2.05, 4.69) is 66.7 Å². The Morgan fingerprint density at radius 2 is 0.639 bits per heavy atom. The molecule has 0 radical (unpaired) electrons. The lowest BCUT2D eigenvalue weighted by molar-refractivity contribution is 0.670. The Labute approximate surface area is 351 Å². The molecular formula is C54H34N6O. The van der Waals surface area contributed by atoms with Crippen molar-refractivity contribution in [2.75, 3.05) is 0 Å². The van der Waals surface area contributed by atoms with Gasteiger partial charge in [0.1, 0.15) is 11.2 Å². The molecule has 7 heteroatoms. The molecule has 286 valence electrons. The number of hydrogen-bond donors (Lipinski definition) is 0. The molecule has 7 nitrogen and oxygen atoms in total. The van der Waals surface area contributed by atoms with Crippen molar-refractivity contribution in [3.63, 3.8) is 0 Å². The van der Waals surface area contributed by atoms with Crippen LogP contribution in [0.4, 0.5) is 0 Å². The molecule has 3 aromatic heterocycles. The van der Waals surface area contributed by atoms with Gasteiger partial charge in [-0.05, 0) is 41.0 Å². The van der Waals surface area contributed by atoms with Gasteiger partial charge >= 0.3 is 0 Å². The van der Waals surface area contributed by atoms with Crippen molar-refractivity contribution in [2.24, 2.45) is 0 Å². The number of benzene rings is 8. The standard InChI is InChI=1S/C54H34N6O/c1-6-18-35(19-7-1)44-33-41(34-45-43-28-16-17-29-47(43)61-48(44)45)42-31-30-40(53-57-49(36-20-8-2-9-21-36)55-50(58-53)37-22-10-3-11-23-37)32-46(42)54-59-51(38-24-12-4-13-25-38)56-52(60-54)39-26-14-5-15-27-39/h1-34H. The third-order valence-corrected chi connectivity index (χ3v) is 10.8. The molecule has 0 saturated heterocycles. The zero-order valence-electron chi connectivity index (χ0n) is 32.7. The molecule has 0 aliphatic rings. The second-order valence-corrected chi connectivity index (χ2v) is 14.7. The van der Waals surface area contributed by atoms with E-state index in [1.807, 2.05) is 140 Å². The highest BCUT2D eigenvalue weighted by Crippen LogP contribution is 2.43. The average Bonchev–Trinajstić information content (AvgIpc) is 3.73. The van der Waals surface area contributed by atoms with Crippen LogP contribution in [0.1, 0.15) is 0 Å². The summed E-state index contributed by atoms with van der Waals surface area (Å²) in [4.78, 5) is 30.7. The predicted molar refractivity (Wildman–Crippen MR) is 244 cm³/mol. The fourth-order valence-electron chi connectivity index (χ4n) is 7.80. The van der Waals surface area contributed by atoms with E-state index in [1.54, 1.807) is 0 Å². The van der Waals surface area contributed by atoms with Crippen molar-refractivity contribution in [3.8, 4) is 90.6 Å². The van der Waals surface area contributed by atoms with Crippen LogP contribution >= 0.6 is 0 Å². The van der Waals surface area contributed by atoms with Crippen molar-refractivity contribution >= 4 is 21.9 Å². The van der Waals surface area contributed by atoms with Crippen LogP contribution in [0.2, 0.25) is 0 Å². The van der Waals surface area contributed by atoms with E-state index in [0.717, 1.165) is 77.6 Å². The molecule has 0 amide bonds. The lowest BCUT2D eigenvalue weighted by atomic mass is 9.92. The van der Waals surface area contributed by atoms with Gasteiger partial charge in [0.2, 0.25) is 0 Å². The normalized spacial score (nSPS) is 11.3. The molecule has 11 rings (SSSR count). The summed E-state index contributed by atoms with van der Waals surface area (Å²) in [5, 5.41) is 2.06.